The maximum Gasteiger partial charge on any atom is 0.303 e. The molecule has 0 saturated carbocycles. The molecule has 1 saturated heterocycles. The van der Waals surface area contributed by atoms with E-state index in [-0.39, 0.29) is 37.6 Å². The lowest BCUT2D eigenvalue weighted by Crippen LogP contribution is -2.31. The van der Waals surface area contributed by atoms with Crippen LogP contribution in [0.3, 0.4) is 0 Å². The van der Waals surface area contributed by atoms with E-state index >= 15 is 0 Å². The molecule has 0 spiro atoms. The standard InChI is InChI=1S/C27H31N3O6S2/c1-17-29-30-27(38-17)37-16-22-14-23(19-11-9-18(15-31)10-12-19)36-26(35-22)20-5-4-6-21(13-20)28-24(32)7-2-3-8-25(33)34/h4-6,9-13,22-23,26,31H,2-3,7-8,14-16H2,1H3,(H,28,32)(H,33,34)/t22-,23+,26+/m1/s1. The van der Waals surface area contributed by atoms with Crippen molar-refractivity contribution in [3.8, 4) is 0 Å². The highest BCUT2D eigenvalue weighted by Crippen LogP contribution is 2.40. The number of amides is 1. The van der Waals surface area contributed by atoms with Gasteiger partial charge in [0.2, 0.25) is 5.91 Å². The Morgan fingerprint density at radius 1 is 1.08 bits per heavy atom. The Bertz CT molecular complexity index is 1220. The average Bonchev–Trinajstić information content (AvgIpc) is 3.35. The van der Waals surface area contributed by atoms with Gasteiger partial charge in [-0.25, -0.2) is 0 Å². The second-order valence-electron chi connectivity index (χ2n) is 9.02. The van der Waals surface area contributed by atoms with E-state index in [0.717, 1.165) is 26.0 Å². The van der Waals surface area contributed by atoms with Crippen molar-refractivity contribution >= 4 is 40.7 Å². The number of carbonyl (C=O) groups excluding carboxylic acids is 1. The van der Waals surface area contributed by atoms with Crippen LogP contribution in [0.2, 0.25) is 0 Å². The Morgan fingerprint density at radius 2 is 1.87 bits per heavy atom. The zero-order valence-corrected chi connectivity index (χ0v) is 22.7. The number of aromatic nitrogens is 2. The van der Waals surface area contributed by atoms with Gasteiger partial charge in [-0.05, 0) is 43.0 Å². The molecule has 0 aliphatic carbocycles. The van der Waals surface area contributed by atoms with Gasteiger partial charge in [-0.15, -0.1) is 10.2 Å². The van der Waals surface area contributed by atoms with Crippen LogP contribution in [0.5, 0.6) is 0 Å². The first-order valence-electron chi connectivity index (χ1n) is 12.4. The first kappa shape index (κ1) is 28.2. The van der Waals surface area contributed by atoms with Gasteiger partial charge >= 0.3 is 5.97 Å². The van der Waals surface area contributed by atoms with Crippen molar-refractivity contribution in [3.05, 3.63) is 70.2 Å². The predicted molar refractivity (Wildman–Crippen MR) is 145 cm³/mol. The Morgan fingerprint density at radius 3 is 2.58 bits per heavy atom. The number of carboxylic acids is 1. The van der Waals surface area contributed by atoms with Crippen LogP contribution in [0.15, 0.2) is 52.9 Å². The second kappa shape index (κ2) is 13.8. The lowest BCUT2D eigenvalue weighted by Gasteiger charge is -2.36. The number of carbonyl (C=O) groups is 2. The van der Waals surface area contributed by atoms with Crippen molar-refractivity contribution in [2.24, 2.45) is 0 Å². The number of unbranched alkanes of at least 4 members (excludes halogenated alkanes) is 1. The van der Waals surface area contributed by atoms with E-state index in [1.165, 1.54) is 0 Å². The molecule has 2 aromatic carbocycles. The van der Waals surface area contributed by atoms with Crippen LogP contribution in [-0.2, 0) is 25.7 Å². The summed E-state index contributed by atoms with van der Waals surface area (Å²) < 4.78 is 13.7. The average molecular weight is 558 g/mol. The fourth-order valence-electron chi connectivity index (χ4n) is 4.07. The van der Waals surface area contributed by atoms with Gasteiger partial charge in [0.15, 0.2) is 10.6 Å². The number of hydrogen-bond acceptors (Lipinski definition) is 9. The Kier molecular flexibility index (Phi) is 10.2. The SMILES string of the molecule is Cc1nnc(SC[C@H]2C[C@@H](c3ccc(CO)cc3)O[C@@H](c3cccc(NC(=O)CCCCC(=O)O)c3)O2)s1. The monoisotopic (exact) mass is 557 g/mol. The Balaban J connectivity index is 1.45. The number of thioether (sulfide) groups is 1. The first-order valence-corrected chi connectivity index (χ1v) is 14.2. The van der Waals surface area contributed by atoms with Crippen molar-refractivity contribution in [2.75, 3.05) is 11.1 Å². The summed E-state index contributed by atoms with van der Waals surface area (Å²) in [5, 5.41) is 30.2. The summed E-state index contributed by atoms with van der Waals surface area (Å²) in [6, 6.07) is 15.1. The minimum atomic E-state index is -0.858. The molecule has 0 radical (unpaired) electrons. The molecule has 202 valence electrons. The first-order chi connectivity index (χ1) is 18.4. The van der Waals surface area contributed by atoms with Crippen molar-refractivity contribution in [2.45, 2.75) is 68.5 Å². The number of anilines is 1. The van der Waals surface area contributed by atoms with Crippen LogP contribution >= 0.6 is 23.1 Å². The van der Waals surface area contributed by atoms with E-state index in [1.807, 2.05) is 49.4 Å². The summed E-state index contributed by atoms with van der Waals surface area (Å²) in [5.74, 6) is -0.336. The molecule has 3 N–H and O–H groups in total. The molecule has 3 aromatic rings. The number of aliphatic hydroxyl groups is 1. The molecule has 3 atom stereocenters. The number of ether oxygens (including phenoxy) is 2. The fraction of sp³-hybridized carbons (Fsp3) is 0.407. The van der Waals surface area contributed by atoms with Gasteiger partial charge in [0.1, 0.15) is 5.01 Å². The maximum absolute atomic E-state index is 12.4. The normalized spacial score (nSPS) is 19.3. The summed E-state index contributed by atoms with van der Waals surface area (Å²) in [6.07, 6.45) is 0.979. The van der Waals surface area contributed by atoms with Crippen LogP contribution in [0, 0.1) is 6.92 Å². The summed E-state index contributed by atoms with van der Waals surface area (Å²) in [4.78, 5) is 23.0. The number of aliphatic carboxylic acids is 1. The van der Waals surface area contributed by atoms with E-state index < -0.39 is 12.3 Å². The zero-order valence-electron chi connectivity index (χ0n) is 21.0. The van der Waals surface area contributed by atoms with Crippen LogP contribution < -0.4 is 5.32 Å². The summed E-state index contributed by atoms with van der Waals surface area (Å²) in [5.41, 5.74) is 3.25. The number of carboxylic acid groups (broad SMARTS) is 1. The predicted octanol–water partition coefficient (Wildman–Crippen LogP) is 5.26. The van der Waals surface area contributed by atoms with Crippen LogP contribution in [0.1, 0.15) is 66.2 Å². The largest absolute Gasteiger partial charge is 0.481 e. The number of benzene rings is 2. The van der Waals surface area contributed by atoms with Gasteiger partial charge in [-0.3, -0.25) is 9.59 Å². The minimum absolute atomic E-state index is 0.0177. The van der Waals surface area contributed by atoms with Crippen molar-refractivity contribution in [3.63, 3.8) is 0 Å². The molecule has 1 aliphatic rings. The van der Waals surface area contributed by atoms with E-state index in [1.54, 1.807) is 29.2 Å². The smallest absolute Gasteiger partial charge is 0.303 e. The summed E-state index contributed by atoms with van der Waals surface area (Å²) in [7, 11) is 0. The van der Waals surface area contributed by atoms with Gasteiger partial charge in [0.05, 0.1) is 18.8 Å². The second-order valence-corrected chi connectivity index (χ2v) is 11.5. The molecule has 1 fully saturated rings. The molecule has 1 aliphatic heterocycles. The van der Waals surface area contributed by atoms with Gasteiger partial charge in [0, 0.05) is 36.3 Å². The molecular weight excluding hydrogens is 526 g/mol. The van der Waals surface area contributed by atoms with Crippen molar-refractivity contribution in [1.82, 2.24) is 10.2 Å². The molecule has 2 heterocycles. The summed E-state index contributed by atoms with van der Waals surface area (Å²) in [6.45, 7) is 1.91. The lowest BCUT2D eigenvalue weighted by molar-refractivity contribution is -0.245. The molecule has 0 bridgehead atoms. The zero-order chi connectivity index (χ0) is 26.9. The van der Waals surface area contributed by atoms with Crippen LogP contribution in [0.4, 0.5) is 5.69 Å². The number of rotatable bonds is 12. The third kappa shape index (κ3) is 8.34. The van der Waals surface area contributed by atoms with E-state index in [9.17, 15) is 14.7 Å². The van der Waals surface area contributed by atoms with Gasteiger partial charge in [-0.2, -0.15) is 0 Å². The highest BCUT2D eigenvalue weighted by molar-refractivity contribution is 8.01. The Labute approximate surface area is 229 Å². The number of nitrogens with one attached hydrogen (secondary N) is 1. The van der Waals surface area contributed by atoms with Crippen LogP contribution in [0.25, 0.3) is 0 Å². The highest BCUT2D eigenvalue weighted by atomic mass is 32.2. The number of hydrogen-bond donors (Lipinski definition) is 3. The van der Waals surface area contributed by atoms with Crippen molar-refractivity contribution in [1.29, 1.82) is 0 Å². The molecule has 1 amide bonds. The van der Waals surface area contributed by atoms with Crippen LogP contribution in [-0.4, -0.2) is 44.1 Å². The van der Waals surface area contributed by atoms with Gasteiger partial charge in [0.25, 0.3) is 0 Å². The topological polar surface area (TPSA) is 131 Å². The van der Waals surface area contributed by atoms with E-state index in [0.29, 0.717) is 30.7 Å². The third-order valence-electron chi connectivity index (χ3n) is 6.00. The van der Waals surface area contributed by atoms with Gasteiger partial charge < -0.3 is 25.0 Å². The maximum atomic E-state index is 12.4. The molecule has 11 heteroatoms. The third-order valence-corrected chi connectivity index (χ3v) is 8.11. The molecule has 1 aromatic heterocycles. The quantitative estimate of drug-likeness (QED) is 0.202. The molecule has 38 heavy (non-hydrogen) atoms. The molecular formula is C27H31N3O6S2. The van der Waals surface area contributed by atoms with Crippen molar-refractivity contribution < 1.29 is 29.3 Å². The lowest BCUT2D eigenvalue weighted by atomic mass is 10.0. The number of nitrogens with zero attached hydrogens (tertiary/aromatic N) is 2. The summed E-state index contributed by atoms with van der Waals surface area (Å²) >= 11 is 3.16. The van der Waals surface area contributed by atoms with Gasteiger partial charge in [-0.1, -0.05) is 59.5 Å². The highest BCUT2D eigenvalue weighted by Gasteiger charge is 2.32. The molecule has 0 unspecified atom stereocenters. The minimum Gasteiger partial charge on any atom is -0.481 e. The Hall–Kier alpha value is -2.83. The van der Waals surface area contributed by atoms with E-state index in [4.69, 9.17) is 14.6 Å². The number of aliphatic hydroxyl groups excluding tert-OH is 1. The number of aryl methyl sites for hydroxylation is 1. The fourth-order valence-corrected chi connectivity index (χ4v) is 5.93. The van der Waals surface area contributed by atoms with E-state index in [2.05, 4.69) is 15.5 Å². The molecule has 9 nitrogen and oxygen atoms in total. The molecule has 4 rings (SSSR count).